The predicted molar refractivity (Wildman–Crippen MR) is 139 cm³/mol. The van der Waals surface area contributed by atoms with Gasteiger partial charge in [-0.15, -0.1) is 0 Å². The molecule has 1 amide bonds. The second kappa shape index (κ2) is 8.82. The maximum absolute atomic E-state index is 14.0. The Morgan fingerprint density at radius 1 is 1.24 bits per heavy atom. The van der Waals surface area contributed by atoms with Gasteiger partial charge in [-0.3, -0.25) is 9.69 Å². The fourth-order valence-corrected chi connectivity index (χ4v) is 7.71. The molecular weight excluding hydrogens is 494 g/mol. The first kappa shape index (κ1) is 24.1. The highest BCUT2D eigenvalue weighted by Crippen LogP contribution is 2.62. The average molecular weight is 533 g/mol. The standard InChI is InChI=1S/C27H38BrN3O3/c1-17-21(24(32)29-25-26(2,3)18-8-9-27(25,4)16-18)22-19(28)6-7-20(33-5)23(22)31(17)11-10-30-12-14-34-15-13-30/h6-7,18,25H,8-16H2,1-5H3,(H,29,32)/t18?,25-,27?/m0/s1. The lowest BCUT2D eigenvalue weighted by molar-refractivity contribution is 0.0365. The quantitative estimate of drug-likeness (QED) is 0.569. The molecule has 2 unspecified atom stereocenters. The van der Waals surface area contributed by atoms with Crippen molar-refractivity contribution in [2.24, 2.45) is 16.7 Å². The van der Waals surface area contributed by atoms with Gasteiger partial charge in [0.1, 0.15) is 5.75 Å². The number of halogens is 1. The molecule has 7 heteroatoms. The molecule has 0 radical (unpaired) electrons. The third-order valence-electron chi connectivity index (χ3n) is 9.11. The van der Waals surface area contributed by atoms with Crippen molar-refractivity contribution in [3.8, 4) is 5.75 Å². The third-order valence-corrected chi connectivity index (χ3v) is 9.77. The van der Waals surface area contributed by atoms with Crippen LogP contribution < -0.4 is 10.1 Å². The molecule has 5 rings (SSSR count). The van der Waals surface area contributed by atoms with Crippen molar-refractivity contribution in [1.82, 2.24) is 14.8 Å². The van der Waals surface area contributed by atoms with Crippen molar-refractivity contribution < 1.29 is 14.3 Å². The Labute approximate surface area is 211 Å². The number of morpholine rings is 1. The van der Waals surface area contributed by atoms with E-state index in [1.165, 1.54) is 19.3 Å². The number of nitrogens with one attached hydrogen (secondary N) is 1. The zero-order valence-corrected chi connectivity index (χ0v) is 22.8. The maximum Gasteiger partial charge on any atom is 0.254 e. The van der Waals surface area contributed by atoms with Gasteiger partial charge in [0.25, 0.3) is 5.91 Å². The number of amides is 1. The summed E-state index contributed by atoms with van der Waals surface area (Å²) in [5.41, 5.74) is 3.05. The highest BCUT2D eigenvalue weighted by atomic mass is 79.9. The average Bonchev–Trinajstić information content (AvgIpc) is 3.41. The summed E-state index contributed by atoms with van der Waals surface area (Å²) in [6.07, 6.45) is 3.69. The van der Waals surface area contributed by atoms with Crippen LogP contribution in [0.2, 0.25) is 0 Å². The molecule has 2 saturated carbocycles. The third kappa shape index (κ3) is 3.79. The molecular formula is C27H38BrN3O3. The van der Waals surface area contributed by atoms with Gasteiger partial charge in [0, 0.05) is 47.8 Å². The maximum atomic E-state index is 14.0. The van der Waals surface area contributed by atoms with Gasteiger partial charge in [0.2, 0.25) is 0 Å². The fourth-order valence-electron chi connectivity index (χ4n) is 7.19. The van der Waals surface area contributed by atoms with Gasteiger partial charge < -0.3 is 19.4 Å². The zero-order valence-electron chi connectivity index (χ0n) is 21.2. The van der Waals surface area contributed by atoms with Crippen LogP contribution in [0.15, 0.2) is 16.6 Å². The summed E-state index contributed by atoms with van der Waals surface area (Å²) in [4.78, 5) is 16.4. The van der Waals surface area contributed by atoms with Crippen molar-refractivity contribution in [3.63, 3.8) is 0 Å². The van der Waals surface area contributed by atoms with Gasteiger partial charge in [-0.05, 0) is 55.1 Å². The van der Waals surface area contributed by atoms with Crippen LogP contribution in [0, 0.1) is 23.7 Å². The van der Waals surface area contributed by atoms with Crippen LogP contribution in [-0.4, -0.2) is 61.4 Å². The van der Waals surface area contributed by atoms with Gasteiger partial charge in [-0.25, -0.2) is 0 Å². The SMILES string of the molecule is COc1ccc(Br)c2c(C(=O)N[C@@H]3C4(C)CCC(C4)C3(C)C)c(C)n(CCN3CCOCC3)c12. The summed E-state index contributed by atoms with van der Waals surface area (Å²) < 4.78 is 14.5. The minimum atomic E-state index is 0.0356. The summed E-state index contributed by atoms with van der Waals surface area (Å²) in [5, 5.41) is 4.48. The summed E-state index contributed by atoms with van der Waals surface area (Å²) in [5.74, 6) is 1.52. The lowest BCUT2D eigenvalue weighted by atomic mass is 9.68. The summed E-state index contributed by atoms with van der Waals surface area (Å²) in [6.45, 7) is 14.3. The van der Waals surface area contributed by atoms with Crippen LogP contribution in [0.5, 0.6) is 5.75 Å². The van der Waals surface area contributed by atoms with Gasteiger partial charge in [0.15, 0.2) is 0 Å². The number of benzene rings is 1. The van der Waals surface area contributed by atoms with Crippen molar-refractivity contribution >= 4 is 32.7 Å². The highest BCUT2D eigenvalue weighted by molar-refractivity contribution is 9.10. The number of carbonyl (C=O) groups is 1. The molecule has 1 aromatic heterocycles. The molecule has 2 bridgehead atoms. The van der Waals surface area contributed by atoms with Crippen molar-refractivity contribution in [1.29, 1.82) is 0 Å². The molecule has 186 valence electrons. The molecule has 0 spiro atoms. The van der Waals surface area contributed by atoms with E-state index in [-0.39, 0.29) is 22.8 Å². The number of ether oxygens (including phenoxy) is 2. The van der Waals surface area contributed by atoms with Crippen LogP contribution in [0.1, 0.15) is 56.1 Å². The Morgan fingerprint density at radius 2 is 1.97 bits per heavy atom. The molecule has 2 heterocycles. The number of hydrogen-bond acceptors (Lipinski definition) is 4. The Hall–Kier alpha value is -1.57. The summed E-state index contributed by atoms with van der Waals surface area (Å²) in [6, 6.07) is 4.16. The first-order valence-corrected chi connectivity index (χ1v) is 13.4. The van der Waals surface area contributed by atoms with Gasteiger partial charge in [0.05, 0.1) is 31.4 Å². The molecule has 1 N–H and O–H groups in total. The topological polar surface area (TPSA) is 55.7 Å². The minimum absolute atomic E-state index is 0.0356. The molecule has 1 aliphatic heterocycles. The Bertz CT molecular complexity index is 1100. The van der Waals surface area contributed by atoms with Crippen LogP contribution in [0.4, 0.5) is 0 Å². The second-order valence-corrected chi connectivity index (χ2v) is 12.2. The summed E-state index contributed by atoms with van der Waals surface area (Å²) >= 11 is 3.76. The lowest BCUT2D eigenvalue weighted by Gasteiger charge is -2.43. The molecule has 1 aromatic carbocycles. The van der Waals surface area contributed by atoms with Crippen molar-refractivity contribution in [2.75, 3.05) is 40.0 Å². The number of fused-ring (bicyclic) bond motifs is 3. The number of carbonyl (C=O) groups excluding carboxylic acids is 1. The number of rotatable bonds is 6. The normalized spacial score (nSPS) is 28.5. The Kier molecular flexibility index (Phi) is 6.26. The molecule has 3 atom stereocenters. The van der Waals surface area contributed by atoms with E-state index < -0.39 is 0 Å². The summed E-state index contributed by atoms with van der Waals surface area (Å²) in [7, 11) is 1.70. The number of methoxy groups -OCH3 is 1. The fraction of sp³-hybridized carbons (Fsp3) is 0.667. The Morgan fingerprint density at radius 3 is 2.62 bits per heavy atom. The van der Waals surface area contributed by atoms with E-state index in [1.54, 1.807) is 7.11 Å². The Balaban J connectivity index is 1.53. The lowest BCUT2D eigenvalue weighted by Crippen LogP contribution is -2.52. The van der Waals surface area contributed by atoms with E-state index >= 15 is 0 Å². The van der Waals surface area contributed by atoms with Gasteiger partial charge >= 0.3 is 0 Å². The van der Waals surface area contributed by atoms with Crippen LogP contribution >= 0.6 is 15.9 Å². The first-order valence-electron chi connectivity index (χ1n) is 12.6. The minimum Gasteiger partial charge on any atom is -0.495 e. The van der Waals surface area contributed by atoms with E-state index in [9.17, 15) is 4.79 Å². The largest absolute Gasteiger partial charge is 0.495 e. The van der Waals surface area contributed by atoms with E-state index in [1.807, 2.05) is 12.1 Å². The number of nitrogens with zero attached hydrogens (tertiary/aromatic N) is 2. The first-order chi connectivity index (χ1) is 16.2. The zero-order chi connectivity index (χ0) is 24.3. The van der Waals surface area contributed by atoms with Crippen LogP contribution in [-0.2, 0) is 11.3 Å². The van der Waals surface area contributed by atoms with Gasteiger partial charge in [-0.1, -0.05) is 36.7 Å². The smallest absolute Gasteiger partial charge is 0.254 e. The molecule has 1 saturated heterocycles. The molecule has 2 aliphatic carbocycles. The monoisotopic (exact) mass is 531 g/mol. The van der Waals surface area contributed by atoms with E-state index in [0.29, 0.717) is 5.92 Å². The molecule has 34 heavy (non-hydrogen) atoms. The molecule has 3 aliphatic rings. The highest BCUT2D eigenvalue weighted by Gasteiger charge is 2.59. The van der Waals surface area contributed by atoms with Crippen LogP contribution in [0.25, 0.3) is 10.9 Å². The molecule has 3 fully saturated rings. The molecule has 6 nitrogen and oxygen atoms in total. The van der Waals surface area contributed by atoms with Crippen molar-refractivity contribution in [3.05, 3.63) is 27.9 Å². The second-order valence-electron chi connectivity index (χ2n) is 11.4. The molecule has 2 aromatic rings. The number of aromatic nitrogens is 1. The van der Waals surface area contributed by atoms with Gasteiger partial charge in [-0.2, -0.15) is 0 Å². The van der Waals surface area contributed by atoms with Crippen molar-refractivity contribution in [2.45, 2.75) is 59.5 Å². The number of hydrogen-bond donors (Lipinski definition) is 1. The predicted octanol–water partition coefficient (Wildman–Crippen LogP) is 5.00. The van der Waals surface area contributed by atoms with E-state index in [2.05, 4.69) is 58.4 Å². The van der Waals surface area contributed by atoms with E-state index in [4.69, 9.17) is 9.47 Å². The van der Waals surface area contributed by atoms with E-state index in [0.717, 1.165) is 71.8 Å². The van der Waals surface area contributed by atoms with Crippen LogP contribution in [0.3, 0.4) is 0 Å².